The van der Waals surface area contributed by atoms with Crippen molar-refractivity contribution < 1.29 is 8.42 Å². The molecule has 4 nitrogen and oxygen atoms in total. The van der Waals surface area contributed by atoms with E-state index in [0.717, 1.165) is 25.9 Å². The summed E-state index contributed by atoms with van der Waals surface area (Å²) in [6.07, 6.45) is 1.96. The predicted octanol–water partition coefficient (Wildman–Crippen LogP) is 2.51. The molecule has 1 unspecified atom stereocenters. The van der Waals surface area contributed by atoms with Crippen LogP contribution in [0.3, 0.4) is 0 Å². The molecular weight excluding hydrogens is 320 g/mol. The van der Waals surface area contributed by atoms with Crippen LogP contribution in [0.5, 0.6) is 0 Å². The van der Waals surface area contributed by atoms with Crippen LogP contribution in [0.1, 0.15) is 17.5 Å². The maximum absolute atomic E-state index is 12.8. The molecule has 1 fully saturated rings. The molecule has 0 aromatic heterocycles. The molecule has 2 aliphatic heterocycles. The zero-order valence-electron chi connectivity index (χ0n) is 13.6. The molecule has 0 radical (unpaired) electrons. The molecular formula is C19H22N2O2S. The minimum atomic E-state index is -3.36. The van der Waals surface area contributed by atoms with Crippen LogP contribution in [0.4, 0.5) is 0 Å². The second-order valence-corrected chi connectivity index (χ2v) is 8.55. The predicted molar refractivity (Wildman–Crippen MR) is 94.2 cm³/mol. The first kappa shape index (κ1) is 15.8. The molecule has 0 bridgehead atoms. The highest BCUT2D eigenvalue weighted by molar-refractivity contribution is 7.89. The van der Waals surface area contributed by atoms with Gasteiger partial charge < -0.3 is 0 Å². The van der Waals surface area contributed by atoms with Gasteiger partial charge in [0.25, 0.3) is 0 Å². The second kappa shape index (κ2) is 6.31. The van der Waals surface area contributed by atoms with Crippen LogP contribution in [-0.4, -0.2) is 43.3 Å². The summed E-state index contributed by atoms with van der Waals surface area (Å²) in [7, 11) is -3.36. The topological polar surface area (TPSA) is 40.6 Å². The number of sulfonamides is 1. The van der Waals surface area contributed by atoms with E-state index in [-0.39, 0.29) is 0 Å². The summed E-state index contributed by atoms with van der Waals surface area (Å²) in [5.41, 5.74) is 2.81. The van der Waals surface area contributed by atoms with Gasteiger partial charge in [-0.05, 0) is 36.1 Å². The lowest BCUT2D eigenvalue weighted by Gasteiger charge is -2.33. The van der Waals surface area contributed by atoms with Crippen molar-refractivity contribution >= 4 is 10.0 Å². The maximum atomic E-state index is 12.8. The van der Waals surface area contributed by atoms with Gasteiger partial charge in [-0.25, -0.2) is 8.42 Å². The van der Waals surface area contributed by atoms with E-state index in [9.17, 15) is 8.42 Å². The molecule has 24 heavy (non-hydrogen) atoms. The van der Waals surface area contributed by atoms with Crippen molar-refractivity contribution in [2.75, 3.05) is 19.6 Å². The van der Waals surface area contributed by atoms with Crippen molar-refractivity contribution in [2.45, 2.75) is 30.3 Å². The standard InChI is InChI=1S/C19H22N2O2S/c22-24(23,19-8-2-1-3-9-19)21-13-11-18(15-21)20-12-10-16-6-4-5-7-17(16)14-20/h1-9,18H,10-15H2. The molecule has 1 atom stereocenters. The van der Waals surface area contributed by atoms with Crippen LogP contribution in [-0.2, 0) is 23.0 Å². The quantitative estimate of drug-likeness (QED) is 0.860. The number of fused-ring (bicyclic) bond motifs is 1. The molecule has 1 saturated heterocycles. The van der Waals surface area contributed by atoms with E-state index in [1.165, 1.54) is 11.1 Å². The second-order valence-electron chi connectivity index (χ2n) is 6.61. The lowest BCUT2D eigenvalue weighted by molar-refractivity contribution is 0.185. The minimum Gasteiger partial charge on any atom is -0.294 e. The summed E-state index contributed by atoms with van der Waals surface area (Å²) < 4.78 is 27.2. The Balaban J connectivity index is 1.48. The summed E-state index contributed by atoms with van der Waals surface area (Å²) in [5.74, 6) is 0. The fraction of sp³-hybridized carbons (Fsp3) is 0.368. The van der Waals surface area contributed by atoms with E-state index in [4.69, 9.17) is 0 Å². The minimum absolute atomic E-state index is 0.317. The monoisotopic (exact) mass is 342 g/mol. The summed E-state index contributed by atoms with van der Waals surface area (Å²) in [4.78, 5) is 2.85. The van der Waals surface area contributed by atoms with Crippen molar-refractivity contribution in [3.8, 4) is 0 Å². The van der Waals surface area contributed by atoms with E-state index in [2.05, 4.69) is 29.2 Å². The van der Waals surface area contributed by atoms with Gasteiger partial charge in [0.1, 0.15) is 0 Å². The van der Waals surface area contributed by atoms with Gasteiger partial charge >= 0.3 is 0 Å². The van der Waals surface area contributed by atoms with E-state index < -0.39 is 10.0 Å². The average molecular weight is 342 g/mol. The Hall–Kier alpha value is -1.69. The number of hydrogen-bond acceptors (Lipinski definition) is 3. The zero-order chi connectivity index (χ0) is 16.6. The molecule has 4 rings (SSSR count). The van der Waals surface area contributed by atoms with Gasteiger partial charge in [-0.3, -0.25) is 4.90 Å². The third-order valence-corrected chi connectivity index (χ3v) is 7.06. The van der Waals surface area contributed by atoms with Gasteiger partial charge in [-0.1, -0.05) is 42.5 Å². The number of benzene rings is 2. The van der Waals surface area contributed by atoms with Crippen LogP contribution in [0.25, 0.3) is 0 Å². The van der Waals surface area contributed by atoms with Gasteiger partial charge in [0.2, 0.25) is 10.0 Å². The van der Waals surface area contributed by atoms with E-state index in [0.29, 0.717) is 24.0 Å². The molecule has 2 aromatic carbocycles. The Morgan fingerprint density at radius 3 is 2.38 bits per heavy atom. The molecule has 0 N–H and O–H groups in total. The molecule has 2 heterocycles. The zero-order valence-corrected chi connectivity index (χ0v) is 14.5. The molecule has 5 heteroatoms. The van der Waals surface area contributed by atoms with Crippen LogP contribution < -0.4 is 0 Å². The first-order chi connectivity index (χ1) is 11.6. The highest BCUT2D eigenvalue weighted by Gasteiger charge is 2.35. The van der Waals surface area contributed by atoms with Gasteiger partial charge in [0.05, 0.1) is 4.90 Å². The van der Waals surface area contributed by atoms with Gasteiger partial charge in [0.15, 0.2) is 0 Å². The van der Waals surface area contributed by atoms with Gasteiger partial charge in [-0.2, -0.15) is 4.31 Å². The van der Waals surface area contributed by atoms with Crippen LogP contribution in [0.2, 0.25) is 0 Å². The van der Waals surface area contributed by atoms with Crippen LogP contribution in [0.15, 0.2) is 59.5 Å². The fourth-order valence-electron chi connectivity index (χ4n) is 3.80. The molecule has 126 valence electrons. The number of rotatable bonds is 3. The Morgan fingerprint density at radius 1 is 0.875 bits per heavy atom. The van der Waals surface area contributed by atoms with E-state index in [1.807, 2.05) is 6.07 Å². The van der Waals surface area contributed by atoms with Gasteiger partial charge in [0, 0.05) is 32.2 Å². The molecule has 2 aromatic rings. The van der Waals surface area contributed by atoms with Gasteiger partial charge in [-0.15, -0.1) is 0 Å². The Bertz CT molecular complexity index is 820. The number of nitrogens with zero attached hydrogens (tertiary/aromatic N) is 2. The SMILES string of the molecule is O=S(=O)(c1ccccc1)N1CCC(N2CCc3ccccc3C2)C1. The summed E-state index contributed by atoms with van der Waals surface area (Å²) in [6.45, 7) is 3.15. The maximum Gasteiger partial charge on any atom is 0.243 e. The Labute approximate surface area is 143 Å². The van der Waals surface area contributed by atoms with Crippen LogP contribution in [0, 0.1) is 0 Å². The molecule has 0 amide bonds. The third kappa shape index (κ3) is 2.88. The smallest absolute Gasteiger partial charge is 0.243 e. The Kier molecular flexibility index (Phi) is 4.16. The van der Waals surface area contributed by atoms with Crippen molar-refractivity contribution in [1.82, 2.24) is 9.21 Å². The van der Waals surface area contributed by atoms with E-state index >= 15 is 0 Å². The number of hydrogen-bond donors (Lipinski definition) is 0. The highest BCUT2D eigenvalue weighted by atomic mass is 32.2. The summed E-state index contributed by atoms with van der Waals surface area (Å²) >= 11 is 0. The largest absolute Gasteiger partial charge is 0.294 e. The molecule has 0 saturated carbocycles. The average Bonchev–Trinajstić information content (AvgIpc) is 3.13. The van der Waals surface area contributed by atoms with Crippen molar-refractivity contribution in [3.05, 3.63) is 65.7 Å². The first-order valence-electron chi connectivity index (χ1n) is 8.50. The normalized spacial score (nSPS) is 22.4. The highest BCUT2D eigenvalue weighted by Crippen LogP contribution is 2.27. The molecule has 2 aliphatic rings. The third-order valence-electron chi connectivity index (χ3n) is 5.18. The molecule has 0 aliphatic carbocycles. The first-order valence-corrected chi connectivity index (χ1v) is 9.94. The summed E-state index contributed by atoms with van der Waals surface area (Å²) in [6, 6.07) is 17.7. The van der Waals surface area contributed by atoms with Crippen molar-refractivity contribution in [3.63, 3.8) is 0 Å². The summed E-state index contributed by atoms with van der Waals surface area (Å²) in [5, 5.41) is 0. The lowest BCUT2D eigenvalue weighted by atomic mass is 9.98. The Morgan fingerprint density at radius 2 is 1.58 bits per heavy atom. The van der Waals surface area contributed by atoms with E-state index in [1.54, 1.807) is 28.6 Å². The lowest BCUT2D eigenvalue weighted by Crippen LogP contribution is -2.41. The van der Waals surface area contributed by atoms with Crippen molar-refractivity contribution in [2.24, 2.45) is 0 Å². The molecule has 0 spiro atoms. The fourth-order valence-corrected chi connectivity index (χ4v) is 5.31. The van der Waals surface area contributed by atoms with Crippen LogP contribution >= 0.6 is 0 Å². The van der Waals surface area contributed by atoms with Crippen molar-refractivity contribution in [1.29, 1.82) is 0 Å².